The number of rotatable bonds is 4. The van der Waals surface area contributed by atoms with E-state index in [1.807, 2.05) is 24.3 Å². The molecule has 1 N–H and O–H groups in total. The predicted octanol–water partition coefficient (Wildman–Crippen LogP) is 2.99. The summed E-state index contributed by atoms with van der Waals surface area (Å²) in [7, 11) is 0. The summed E-state index contributed by atoms with van der Waals surface area (Å²) in [5, 5.41) is 9.12. The second-order valence-corrected chi connectivity index (χ2v) is 4.90. The minimum atomic E-state index is -0.802. The van der Waals surface area contributed by atoms with Crippen LogP contribution < -0.4 is 0 Å². The zero-order chi connectivity index (χ0) is 13.2. The molecular formula is C14H15NO3. The van der Waals surface area contributed by atoms with Crippen molar-refractivity contribution in [2.24, 2.45) is 5.41 Å². The van der Waals surface area contributed by atoms with Crippen molar-refractivity contribution in [2.75, 3.05) is 0 Å². The highest BCUT2D eigenvalue weighted by Gasteiger charge is 2.27. The summed E-state index contributed by atoms with van der Waals surface area (Å²) in [6.07, 6.45) is 3.57. The third kappa shape index (κ3) is 2.59. The summed E-state index contributed by atoms with van der Waals surface area (Å²) in [5.74, 6) is -0.256. The molecule has 0 spiro atoms. The standard InChI is InChI=1S/C14H15NO3/c1-14(2,13(16)17)9-10-4-3-5-11(8-10)12-15-6-7-18-12/h3-8H,9H2,1-2H3,(H,16,17). The third-order valence-electron chi connectivity index (χ3n) is 2.83. The number of hydrogen-bond donors (Lipinski definition) is 1. The lowest BCUT2D eigenvalue weighted by Gasteiger charge is -2.19. The van der Waals surface area contributed by atoms with E-state index in [0.717, 1.165) is 11.1 Å². The van der Waals surface area contributed by atoms with Crippen molar-refractivity contribution in [2.45, 2.75) is 20.3 Å². The first-order valence-corrected chi connectivity index (χ1v) is 5.71. The Morgan fingerprint density at radius 3 is 2.83 bits per heavy atom. The SMILES string of the molecule is CC(C)(Cc1cccc(-c2ncco2)c1)C(=O)O. The fourth-order valence-corrected chi connectivity index (χ4v) is 1.77. The summed E-state index contributed by atoms with van der Waals surface area (Å²) < 4.78 is 5.22. The van der Waals surface area contributed by atoms with Crippen molar-refractivity contribution in [3.8, 4) is 11.5 Å². The van der Waals surface area contributed by atoms with Crippen LogP contribution in [0.4, 0.5) is 0 Å². The quantitative estimate of drug-likeness (QED) is 0.899. The first-order chi connectivity index (χ1) is 8.49. The Morgan fingerprint density at radius 2 is 2.22 bits per heavy atom. The topological polar surface area (TPSA) is 63.3 Å². The Balaban J connectivity index is 2.26. The van der Waals surface area contributed by atoms with Gasteiger partial charge in [-0.25, -0.2) is 4.98 Å². The maximum Gasteiger partial charge on any atom is 0.309 e. The zero-order valence-corrected chi connectivity index (χ0v) is 10.4. The number of carboxylic acids is 1. The van der Waals surface area contributed by atoms with Crippen LogP contribution in [0.5, 0.6) is 0 Å². The zero-order valence-electron chi connectivity index (χ0n) is 10.4. The number of hydrogen-bond acceptors (Lipinski definition) is 3. The van der Waals surface area contributed by atoms with Crippen LogP contribution in [0.2, 0.25) is 0 Å². The lowest BCUT2D eigenvalue weighted by Crippen LogP contribution is -2.26. The Morgan fingerprint density at radius 1 is 1.44 bits per heavy atom. The number of aromatic nitrogens is 1. The lowest BCUT2D eigenvalue weighted by molar-refractivity contribution is -0.146. The van der Waals surface area contributed by atoms with E-state index >= 15 is 0 Å². The number of benzene rings is 1. The fraction of sp³-hybridized carbons (Fsp3) is 0.286. The average molecular weight is 245 g/mol. The van der Waals surface area contributed by atoms with Gasteiger partial charge >= 0.3 is 5.97 Å². The molecule has 4 nitrogen and oxygen atoms in total. The van der Waals surface area contributed by atoms with Gasteiger partial charge in [0, 0.05) is 5.56 Å². The van der Waals surface area contributed by atoms with Gasteiger partial charge in [0.2, 0.25) is 5.89 Å². The van der Waals surface area contributed by atoms with Gasteiger partial charge < -0.3 is 9.52 Å². The van der Waals surface area contributed by atoms with E-state index in [2.05, 4.69) is 4.98 Å². The maximum atomic E-state index is 11.1. The molecule has 0 unspecified atom stereocenters. The van der Waals surface area contributed by atoms with Crippen molar-refractivity contribution >= 4 is 5.97 Å². The van der Waals surface area contributed by atoms with Gasteiger partial charge in [-0.15, -0.1) is 0 Å². The highest BCUT2D eigenvalue weighted by Crippen LogP contribution is 2.25. The van der Waals surface area contributed by atoms with E-state index in [1.165, 1.54) is 6.26 Å². The molecule has 0 atom stereocenters. The smallest absolute Gasteiger partial charge is 0.309 e. The van der Waals surface area contributed by atoms with E-state index in [-0.39, 0.29) is 0 Å². The minimum absolute atomic E-state index is 0.469. The lowest BCUT2D eigenvalue weighted by atomic mass is 9.85. The normalized spacial score (nSPS) is 11.4. The molecule has 4 heteroatoms. The van der Waals surface area contributed by atoms with Crippen molar-refractivity contribution in [3.63, 3.8) is 0 Å². The molecule has 0 aliphatic rings. The average Bonchev–Trinajstić information content (AvgIpc) is 2.82. The molecule has 2 rings (SSSR count). The monoisotopic (exact) mass is 245 g/mol. The highest BCUT2D eigenvalue weighted by atomic mass is 16.4. The maximum absolute atomic E-state index is 11.1. The van der Waals surface area contributed by atoms with E-state index < -0.39 is 11.4 Å². The van der Waals surface area contributed by atoms with Crippen LogP contribution in [-0.4, -0.2) is 16.1 Å². The van der Waals surface area contributed by atoms with Crippen LogP contribution >= 0.6 is 0 Å². The van der Waals surface area contributed by atoms with Gasteiger partial charge in [0.1, 0.15) is 6.26 Å². The molecule has 0 aliphatic heterocycles. The molecule has 0 saturated carbocycles. The van der Waals surface area contributed by atoms with Crippen LogP contribution in [0.25, 0.3) is 11.5 Å². The first-order valence-electron chi connectivity index (χ1n) is 5.71. The van der Waals surface area contributed by atoms with Crippen molar-refractivity contribution in [1.29, 1.82) is 0 Å². The molecule has 2 aromatic rings. The van der Waals surface area contributed by atoms with E-state index in [0.29, 0.717) is 12.3 Å². The van der Waals surface area contributed by atoms with Gasteiger partial charge in [-0.05, 0) is 38.0 Å². The van der Waals surface area contributed by atoms with E-state index in [4.69, 9.17) is 9.52 Å². The van der Waals surface area contributed by atoms with Crippen molar-refractivity contribution in [3.05, 3.63) is 42.3 Å². The second kappa shape index (κ2) is 4.64. The van der Waals surface area contributed by atoms with Crippen LogP contribution in [-0.2, 0) is 11.2 Å². The van der Waals surface area contributed by atoms with Gasteiger partial charge in [0.15, 0.2) is 0 Å². The molecule has 1 aromatic carbocycles. The Hall–Kier alpha value is -2.10. The van der Waals surface area contributed by atoms with E-state index in [9.17, 15) is 4.79 Å². The molecule has 94 valence electrons. The molecule has 1 heterocycles. The molecule has 18 heavy (non-hydrogen) atoms. The third-order valence-corrected chi connectivity index (χ3v) is 2.83. The molecular weight excluding hydrogens is 230 g/mol. The fourth-order valence-electron chi connectivity index (χ4n) is 1.77. The molecule has 0 amide bonds. The van der Waals surface area contributed by atoms with Crippen LogP contribution in [0.1, 0.15) is 19.4 Å². The minimum Gasteiger partial charge on any atom is -0.481 e. The number of oxazole rings is 1. The van der Waals surface area contributed by atoms with Crippen LogP contribution in [0.15, 0.2) is 41.1 Å². The number of carbonyl (C=O) groups is 1. The highest BCUT2D eigenvalue weighted by molar-refractivity contribution is 5.74. The van der Waals surface area contributed by atoms with Crippen LogP contribution in [0.3, 0.4) is 0 Å². The molecule has 0 saturated heterocycles. The first kappa shape index (κ1) is 12.4. The number of carboxylic acid groups (broad SMARTS) is 1. The summed E-state index contributed by atoms with van der Waals surface area (Å²) in [5.41, 5.74) is 1.03. The second-order valence-electron chi connectivity index (χ2n) is 4.90. The summed E-state index contributed by atoms with van der Waals surface area (Å²) in [6, 6.07) is 7.60. The summed E-state index contributed by atoms with van der Waals surface area (Å²) in [6.45, 7) is 3.43. The van der Waals surface area contributed by atoms with Gasteiger partial charge in [0.25, 0.3) is 0 Å². The van der Waals surface area contributed by atoms with Gasteiger partial charge in [-0.3, -0.25) is 4.79 Å². The van der Waals surface area contributed by atoms with Gasteiger partial charge in [-0.1, -0.05) is 12.1 Å². The number of nitrogens with zero attached hydrogens (tertiary/aromatic N) is 1. The molecule has 0 radical (unpaired) electrons. The Labute approximate surface area is 105 Å². The van der Waals surface area contributed by atoms with Gasteiger partial charge in [0.05, 0.1) is 11.6 Å². The summed E-state index contributed by atoms with van der Waals surface area (Å²) in [4.78, 5) is 15.2. The number of aliphatic carboxylic acids is 1. The molecule has 0 bridgehead atoms. The molecule has 0 aliphatic carbocycles. The molecule has 1 aromatic heterocycles. The van der Waals surface area contributed by atoms with Gasteiger partial charge in [-0.2, -0.15) is 0 Å². The Bertz CT molecular complexity index is 544. The molecule has 0 fully saturated rings. The summed E-state index contributed by atoms with van der Waals surface area (Å²) >= 11 is 0. The Kier molecular flexibility index (Phi) is 3.19. The van der Waals surface area contributed by atoms with Crippen molar-refractivity contribution in [1.82, 2.24) is 4.98 Å². The van der Waals surface area contributed by atoms with Crippen LogP contribution in [0, 0.1) is 5.41 Å². The largest absolute Gasteiger partial charge is 0.481 e. The van der Waals surface area contributed by atoms with Crippen molar-refractivity contribution < 1.29 is 14.3 Å². The van der Waals surface area contributed by atoms with E-state index in [1.54, 1.807) is 20.0 Å². The predicted molar refractivity (Wildman–Crippen MR) is 67.1 cm³/mol.